The summed E-state index contributed by atoms with van der Waals surface area (Å²) >= 11 is 6.02. The molecule has 138 valence electrons. The molecule has 0 saturated carbocycles. The fourth-order valence-corrected chi connectivity index (χ4v) is 2.98. The Morgan fingerprint density at radius 3 is 2.80 bits per heavy atom. The molecule has 0 radical (unpaired) electrons. The molecule has 1 saturated heterocycles. The summed E-state index contributed by atoms with van der Waals surface area (Å²) in [6.07, 6.45) is -0.146. The van der Waals surface area contributed by atoms with Crippen molar-refractivity contribution in [2.45, 2.75) is 19.4 Å². The van der Waals surface area contributed by atoms with Crippen molar-refractivity contribution in [3.05, 3.63) is 28.8 Å². The van der Waals surface area contributed by atoms with Crippen LogP contribution in [-0.2, 0) is 14.3 Å². The number of quaternary nitrogens is 2. The number of halogens is 1. The van der Waals surface area contributed by atoms with Crippen molar-refractivity contribution in [3.63, 3.8) is 0 Å². The second-order valence-electron chi connectivity index (χ2n) is 6.23. The predicted molar refractivity (Wildman–Crippen MR) is 91.4 cm³/mol. The molecule has 1 aliphatic rings. The molecule has 1 aliphatic heterocycles. The summed E-state index contributed by atoms with van der Waals surface area (Å²) in [6, 6.07) is 4.30. The van der Waals surface area contributed by atoms with Gasteiger partial charge in [-0.3, -0.25) is 4.79 Å². The van der Waals surface area contributed by atoms with Crippen molar-refractivity contribution in [2.24, 2.45) is 0 Å². The number of aliphatic carboxylic acids is 1. The van der Waals surface area contributed by atoms with Gasteiger partial charge in [0.25, 0.3) is 0 Å². The van der Waals surface area contributed by atoms with Gasteiger partial charge in [0.15, 0.2) is 0 Å². The molecule has 0 bridgehead atoms. The maximum absolute atomic E-state index is 12.2. The highest BCUT2D eigenvalue weighted by molar-refractivity contribution is 6.31. The van der Waals surface area contributed by atoms with Crippen molar-refractivity contribution in [1.82, 2.24) is 0 Å². The Bertz CT molecular complexity index is 606. The van der Waals surface area contributed by atoms with Gasteiger partial charge < -0.3 is 30.2 Å². The van der Waals surface area contributed by atoms with Gasteiger partial charge in [0.2, 0.25) is 5.91 Å². The number of carboxylic acids is 1. The van der Waals surface area contributed by atoms with E-state index in [0.29, 0.717) is 17.3 Å². The highest BCUT2D eigenvalue weighted by atomic mass is 35.5. The fourth-order valence-electron chi connectivity index (χ4n) is 2.81. The maximum Gasteiger partial charge on any atom is 0.230 e. The standard InChI is InChI=1S/C17H24ClN3O4/c1-12-13(18)3-2-4-14(12)20-16(22)11-15(17(23)24)19-5-6-21-7-9-25-10-8-21/h2-4,15,19H,5-11H2,1H3,(H,20,22)(H,23,24)/p+1/t15-/m0/s1. The molecule has 0 spiro atoms. The van der Waals surface area contributed by atoms with Crippen LogP contribution in [0.2, 0.25) is 5.02 Å². The second-order valence-corrected chi connectivity index (χ2v) is 6.63. The Balaban J connectivity index is 1.82. The molecular weight excluding hydrogens is 346 g/mol. The van der Waals surface area contributed by atoms with E-state index in [9.17, 15) is 14.7 Å². The highest BCUT2D eigenvalue weighted by Crippen LogP contribution is 2.22. The minimum atomic E-state index is -1.23. The molecule has 2 rings (SSSR count). The smallest absolute Gasteiger partial charge is 0.230 e. The van der Waals surface area contributed by atoms with Gasteiger partial charge in [0.1, 0.15) is 32.2 Å². The van der Waals surface area contributed by atoms with Crippen LogP contribution in [0.4, 0.5) is 5.69 Å². The van der Waals surface area contributed by atoms with Gasteiger partial charge in [-0.2, -0.15) is 0 Å². The Labute approximate surface area is 152 Å². The largest absolute Gasteiger partial charge is 0.544 e. The van der Waals surface area contributed by atoms with Crippen molar-refractivity contribution in [1.29, 1.82) is 0 Å². The van der Waals surface area contributed by atoms with Crippen LogP contribution in [0.1, 0.15) is 12.0 Å². The average Bonchev–Trinajstić information content (AvgIpc) is 2.59. The summed E-state index contributed by atoms with van der Waals surface area (Å²) in [5.41, 5.74) is 1.34. The molecule has 1 fully saturated rings. The van der Waals surface area contributed by atoms with Gasteiger partial charge >= 0.3 is 0 Å². The van der Waals surface area contributed by atoms with E-state index in [4.69, 9.17) is 16.3 Å². The molecule has 8 heteroatoms. The topological polar surface area (TPSA) is 99.5 Å². The van der Waals surface area contributed by atoms with Gasteiger partial charge in [-0.25, -0.2) is 0 Å². The average molecular weight is 371 g/mol. The number of rotatable bonds is 8. The van der Waals surface area contributed by atoms with E-state index in [0.717, 1.165) is 38.4 Å². The summed E-state index contributed by atoms with van der Waals surface area (Å²) in [4.78, 5) is 24.9. The number of nitrogens with two attached hydrogens (primary N) is 1. The minimum Gasteiger partial charge on any atom is -0.544 e. The summed E-state index contributed by atoms with van der Waals surface area (Å²) in [5, 5.41) is 16.3. The number of benzene rings is 1. The number of carbonyl (C=O) groups is 2. The lowest BCUT2D eigenvalue weighted by Gasteiger charge is -2.24. The van der Waals surface area contributed by atoms with E-state index in [-0.39, 0.29) is 12.3 Å². The molecule has 4 N–H and O–H groups in total. The quantitative estimate of drug-likeness (QED) is 0.474. The third-order valence-corrected chi connectivity index (χ3v) is 4.81. The lowest BCUT2D eigenvalue weighted by Crippen LogP contribution is -3.17. The summed E-state index contributed by atoms with van der Waals surface area (Å²) in [6.45, 7) is 6.59. The van der Waals surface area contributed by atoms with E-state index in [1.165, 1.54) is 4.90 Å². The Hall–Kier alpha value is -1.67. The molecule has 1 heterocycles. The van der Waals surface area contributed by atoms with E-state index in [2.05, 4.69) is 5.32 Å². The van der Waals surface area contributed by atoms with Gasteiger partial charge in [-0.15, -0.1) is 0 Å². The van der Waals surface area contributed by atoms with E-state index < -0.39 is 12.0 Å². The van der Waals surface area contributed by atoms with Gasteiger partial charge in [0, 0.05) is 10.7 Å². The first-order valence-corrected chi connectivity index (χ1v) is 8.85. The SMILES string of the molecule is Cc1c(Cl)cccc1NC(=O)C[C@H]([NH2+]CC[NH+]1CCOCC1)C(=O)[O-]. The van der Waals surface area contributed by atoms with Crippen LogP contribution in [0, 0.1) is 6.92 Å². The number of morpholine rings is 1. The first-order chi connectivity index (χ1) is 12.0. The number of hydrogen-bond donors (Lipinski definition) is 3. The number of anilines is 1. The molecule has 1 atom stereocenters. The molecule has 0 aliphatic carbocycles. The second kappa shape index (κ2) is 9.72. The van der Waals surface area contributed by atoms with Crippen LogP contribution < -0.4 is 20.6 Å². The first-order valence-electron chi connectivity index (χ1n) is 8.48. The lowest BCUT2D eigenvalue weighted by atomic mass is 10.1. The van der Waals surface area contributed by atoms with Crippen LogP contribution >= 0.6 is 11.6 Å². The zero-order valence-electron chi connectivity index (χ0n) is 14.3. The number of amides is 1. The number of nitrogens with one attached hydrogen (secondary N) is 2. The monoisotopic (exact) mass is 370 g/mol. The molecule has 1 aromatic carbocycles. The van der Waals surface area contributed by atoms with Crippen LogP contribution in [0.3, 0.4) is 0 Å². The molecular formula is C17H25ClN3O4+. The lowest BCUT2D eigenvalue weighted by molar-refractivity contribution is -0.920. The number of hydrogen-bond acceptors (Lipinski definition) is 4. The molecule has 25 heavy (non-hydrogen) atoms. The normalized spacial score (nSPS) is 16.4. The number of carbonyl (C=O) groups excluding carboxylic acids is 2. The van der Waals surface area contributed by atoms with E-state index in [1.807, 2.05) is 0 Å². The number of carboxylic acid groups (broad SMARTS) is 1. The summed E-state index contributed by atoms with van der Waals surface area (Å²) in [5.74, 6) is -1.59. The fraction of sp³-hybridized carbons (Fsp3) is 0.529. The third kappa shape index (κ3) is 6.28. The molecule has 7 nitrogen and oxygen atoms in total. The third-order valence-electron chi connectivity index (χ3n) is 4.40. The molecule has 1 aromatic rings. The predicted octanol–water partition coefficient (Wildman–Crippen LogP) is -2.43. The van der Waals surface area contributed by atoms with Crippen LogP contribution in [-0.4, -0.2) is 57.3 Å². The van der Waals surface area contributed by atoms with Gasteiger partial charge in [-0.05, 0) is 24.6 Å². The van der Waals surface area contributed by atoms with E-state index in [1.54, 1.807) is 30.4 Å². The molecule has 0 aromatic heterocycles. The Kier molecular flexibility index (Phi) is 7.64. The van der Waals surface area contributed by atoms with Crippen molar-refractivity contribution < 1.29 is 29.6 Å². The Morgan fingerprint density at radius 2 is 2.12 bits per heavy atom. The minimum absolute atomic E-state index is 0.146. The van der Waals surface area contributed by atoms with Crippen LogP contribution in [0.15, 0.2) is 18.2 Å². The highest BCUT2D eigenvalue weighted by Gasteiger charge is 2.21. The zero-order valence-corrected chi connectivity index (χ0v) is 15.1. The first kappa shape index (κ1) is 19.7. The Morgan fingerprint density at radius 1 is 1.40 bits per heavy atom. The maximum atomic E-state index is 12.2. The van der Waals surface area contributed by atoms with Gasteiger partial charge in [0.05, 0.1) is 25.6 Å². The number of ether oxygens (including phenoxy) is 1. The van der Waals surface area contributed by atoms with Crippen LogP contribution in [0.5, 0.6) is 0 Å². The van der Waals surface area contributed by atoms with Gasteiger partial charge in [-0.1, -0.05) is 17.7 Å². The van der Waals surface area contributed by atoms with Crippen LogP contribution in [0.25, 0.3) is 0 Å². The zero-order chi connectivity index (χ0) is 18.2. The van der Waals surface area contributed by atoms with Crippen molar-refractivity contribution in [2.75, 3.05) is 44.7 Å². The van der Waals surface area contributed by atoms with E-state index >= 15 is 0 Å². The van der Waals surface area contributed by atoms with Crippen molar-refractivity contribution in [3.8, 4) is 0 Å². The summed E-state index contributed by atoms with van der Waals surface area (Å²) < 4.78 is 5.30. The molecule has 0 unspecified atom stereocenters. The molecule has 1 amide bonds. The van der Waals surface area contributed by atoms with Crippen molar-refractivity contribution >= 4 is 29.2 Å². The summed E-state index contributed by atoms with van der Waals surface area (Å²) in [7, 11) is 0.